The van der Waals surface area contributed by atoms with E-state index in [0.717, 1.165) is 79.9 Å². The maximum Gasteiger partial charge on any atom is 0.329 e. The Kier molecular flexibility index (Phi) is 12.4. The molecule has 10 rings (SSSR count). The van der Waals surface area contributed by atoms with E-state index < -0.39 is 18.4 Å². The Morgan fingerprint density at radius 2 is 1.69 bits per heavy atom. The fraction of sp³-hybridized carbons (Fsp3) is 0.531. The number of carbonyl (C=O) groups is 4. The molecular formula is C49H59F2N11O6. The number of nitrogens with one attached hydrogen (secondary N) is 1. The first kappa shape index (κ1) is 45.4. The van der Waals surface area contributed by atoms with Crippen LogP contribution in [0.3, 0.4) is 0 Å². The number of fused-ring (bicyclic) bond motifs is 3. The zero-order valence-electron chi connectivity index (χ0n) is 39.0. The first-order chi connectivity index (χ1) is 32.8. The van der Waals surface area contributed by atoms with Gasteiger partial charge in [0, 0.05) is 113 Å². The lowest BCUT2D eigenvalue weighted by molar-refractivity contribution is -0.136. The Balaban J connectivity index is 0.742. The third-order valence-electron chi connectivity index (χ3n) is 15.0. The third-order valence-corrected chi connectivity index (χ3v) is 15.0. The highest BCUT2D eigenvalue weighted by molar-refractivity contribution is 6.00. The lowest BCUT2D eigenvalue weighted by Gasteiger charge is -2.35. The minimum Gasteiger partial charge on any atom is -0.493 e. The molecule has 68 heavy (non-hydrogen) atoms. The molecule has 8 heterocycles. The first-order valence-corrected chi connectivity index (χ1v) is 24.1. The number of aromatic nitrogens is 6. The summed E-state index contributed by atoms with van der Waals surface area (Å²) in [4.78, 5) is 72.0. The summed E-state index contributed by atoms with van der Waals surface area (Å²) in [5, 5.41) is 11.9. The molecule has 1 N–H and O–H groups in total. The van der Waals surface area contributed by atoms with Gasteiger partial charge in [-0.15, -0.1) is 0 Å². The summed E-state index contributed by atoms with van der Waals surface area (Å²) < 4.78 is 42.4. The fourth-order valence-electron chi connectivity index (χ4n) is 11.1. The average Bonchev–Trinajstić information content (AvgIpc) is 4.02. The molecule has 19 heteroatoms. The Morgan fingerprint density at radius 1 is 0.897 bits per heavy atom. The Hall–Kier alpha value is -6.37. The molecule has 5 aliphatic rings. The smallest absolute Gasteiger partial charge is 0.329 e. The number of amides is 4. The van der Waals surface area contributed by atoms with Crippen LogP contribution in [0.25, 0.3) is 22.2 Å². The van der Waals surface area contributed by atoms with Crippen LogP contribution >= 0.6 is 0 Å². The van der Waals surface area contributed by atoms with Crippen LogP contribution in [-0.4, -0.2) is 119 Å². The first-order valence-electron chi connectivity index (χ1n) is 24.1. The highest BCUT2D eigenvalue weighted by atomic mass is 19.3. The van der Waals surface area contributed by atoms with Gasteiger partial charge >= 0.3 is 5.69 Å². The van der Waals surface area contributed by atoms with Gasteiger partial charge in [-0.05, 0) is 99.3 Å². The number of rotatable bonds is 11. The van der Waals surface area contributed by atoms with E-state index in [0.29, 0.717) is 92.5 Å². The van der Waals surface area contributed by atoms with Gasteiger partial charge in [-0.3, -0.25) is 43.0 Å². The van der Waals surface area contributed by atoms with E-state index in [4.69, 9.17) is 9.84 Å². The van der Waals surface area contributed by atoms with Crippen LogP contribution in [0.2, 0.25) is 0 Å². The summed E-state index contributed by atoms with van der Waals surface area (Å²) in [7, 11) is 3.44. The number of likely N-dealkylation sites (tertiary alicyclic amines) is 2. The van der Waals surface area contributed by atoms with Gasteiger partial charge in [0.1, 0.15) is 11.8 Å². The predicted octanol–water partition coefficient (Wildman–Crippen LogP) is 5.19. The number of hydrogen-bond acceptors (Lipinski definition) is 10. The minimum atomic E-state index is -2.68. The average molecular weight is 936 g/mol. The van der Waals surface area contributed by atoms with Crippen molar-refractivity contribution in [1.29, 1.82) is 0 Å². The van der Waals surface area contributed by atoms with Crippen molar-refractivity contribution in [3.05, 3.63) is 75.6 Å². The molecule has 3 aromatic heterocycles. The van der Waals surface area contributed by atoms with Gasteiger partial charge in [-0.25, -0.2) is 13.6 Å². The van der Waals surface area contributed by atoms with Crippen molar-refractivity contribution in [3.63, 3.8) is 0 Å². The Morgan fingerprint density at radius 3 is 2.41 bits per heavy atom. The van der Waals surface area contributed by atoms with E-state index in [1.54, 1.807) is 50.2 Å². The molecule has 360 valence electrons. The highest BCUT2D eigenvalue weighted by Crippen LogP contribution is 2.44. The van der Waals surface area contributed by atoms with Crippen LogP contribution in [0.1, 0.15) is 99.2 Å². The normalized spacial score (nSPS) is 19.7. The van der Waals surface area contributed by atoms with Crippen molar-refractivity contribution in [2.24, 2.45) is 20.0 Å². The third kappa shape index (κ3) is 8.68. The molecule has 1 atom stereocenters. The molecule has 0 spiro atoms. The second-order valence-corrected chi connectivity index (χ2v) is 19.2. The molecule has 0 radical (unpaired) electrons. The highest BCUT2D eigenvalue weighted by Gasteiger charge is 2.36. The number of hydrogen-bond donors (Lipinski definition) is 1. The van der Waals surface area contributed by atoms with E-state index in [9.17, 15) is 32.8 Å². The number of anilines is 2. The van der Waals surface area contributed by atoms with E-state index >= 15 is 0 Å². The number of halogens is 2. The predicted molar refractivity (Wildman–Crippen MR) is 249 cm³/mol. The Labute approximate surface area is 392 Å². The van der Waals surface area contributed by atoms with Crippen LogP contribution in [0, 0.1) is 5.92 Å². The van der Waals surface area contributed by atoms with Gasteiger partial charge in [0.25, 0.3) is 6.43 Å². The molecule has 0 bridgehead atoms. The summed E-state index contributed by atoms with van der Waals surface area (Å²) in [6.07, 6.45) is 7.21. The summed E-state index contributed by atoms with van der Waals surface area (Å²) >= 11 is 0. The molecule has 1 unspecified atom stereocenters. The minimum absolute atomic E-state index is 0.0110. The van der Waals surface area contributed by atoms with Crippen LogP contribution in [0.5, 0.6) is 5.75 Å². The van der Waals surface area contributed by atoms with E-state index in [1.165, 1.54) is 9.13 Å². The zero-order chi connectivity index (χ0) is 47.4. The second kappa shape index (κ2) is 18.6. The molecule has 0 saturated carbocycles. The molecule has 4 amide bonds. The SMILES string of the molecule is CC(=O)N1CCc2c(c(N3CCCc4cc(-c5cnn(C)c5)c(C(F)F)cc43)nn2C2CCN(C(=O)CCN3CCC(COc4ccc5c(c4)n(C)c(=O)n5C4CCC(=O)NC4=O)CC3)CC2)C1. The fourth-order valence-corrected chi connectivity index (χ4v) is 11.1. The Bertz CT molecular complexity index is 2830. The van der Waals surface area contributed by atoms with E-state index in [-0.39, 0.29) is 47.9 Å². The van der Waals surface area contributed by atoms with Crippen molar-refractivity contribution in [2.75, 3.05) is 57.3 Å². The molecular weight excluding hydrogens is 877 g/mol. The van der Waals surface area contributed by atoms with Crippen LogP contribution < -0.4 is 20.6 Å². The number of carbonyl (C=O) groups excluding carboxylic acids is 4. The lowest BCUT2D eigenvalue weighted by Crippen LogP contribution is -2.44. The van der Waals surface area contributed by atoms with Gasteiger partial charge < -0.3 is 24.3 Å². The number of benzene rings is 2. The number of nitrogens with zero attached hydrogens (tertiary/aromatic N) is 10. The molecule has 17 nitrogen and oxygen atoms in total. The largest absolute Gasteiger partial charge is 0.493 e. The standard InChI is InChI=1S/C49H59F2N11O6/c1-30(63)59-22-14-39-38(28-59)47(60-16-4-5-32-23-36(33-26-52-55(2)27-33)37(46(50)51)25-42(32)60)54-62(39)34-12-20-58(21-13-34)45(65)15-19-57-17-10-31(11-18-57)29-68-35-6-7-40-43(24-35)56(3)49(67)61(40)41-8-9-44(64)53-48(41)66/h6-7,23-27,31,34,41,46H,4-5,8-22,28-29H2,1-3H3,(H,53,64,66). The van der Waals surface area contributed by atoms with Crippen molar-refractivity contribution < 1.29 is 32.7 Å². The van der Waals surface area contributed by atoms with Crippen molar-refractivity contribution in [2.45, 2.75) is 96.2 Å². The van der Waals surface area contributed by atoms with Crippen LogP contribution in [0.15, 0.2) is 47.5 Å². The quantitative estimate of drug-likeness (QED) is 0.175. The second-order valence-electron chi connectivity index (χ2n) is 19.2. The number of aryl methyl sites for hydroxylation is 3. The summed E-state index contributed by atoms with van der Waals surface area (Å²) in [5.41, 5.74) is 5.82. The van der Waals surface area contributed by atoms with Crippen molar-refractivity contribution >= 4 is 46.2 Å². The maximum absolute atomic E-state index is 14.7. The molecule has 5 aromatic rings. The van der Waals surface area contributed by atoms with Gasteiger partial charge in [0.2, 0.25) is 23.6 Å². The summed E-state index contributed by atoms with van der Waals surface area (Å²) in [6, 6.07) is 8.29. The van der Waals surface area contributed by atoms with Gasteiger partial charge in [-0.1, -0.05) is 0 Å². The maximum atomic E-state index is 14.7. The molecule has 5 aliphatic heterocycles. The topological polar surface area (TPSA) is 165 Å². The number of alkyl halides is 2. The summed E-state index contributed by atoms with van der Waals surface area (Å²) in [5.74, 6) is 1.06. The molecule has 2 aromatic carbocycles. The van der Waals surface area contributed by atoms with Crippen molar-refractivity contribution in [3.8, 4) is 16.9 Å². The number of imide groups is 1. The zero-order valence-corrected chi connectivity index (χ0v) is 39.0. The van der Waals surface area contributed by atoms with Gasteiger partial charge in [0.05, 0.1) is 36.4 Å². The number of ether oxygens (including phenoxy) is 1. The monoisotopic (exact) mass is 935 g/mol. The van der Waals surface area contributed by atoms with Gasteiger partial charge in [-0.2, -0.15) is 10.2 Å². The molecule has 3 saturated heterocycles. The molecule has 0 aliphatic carbocycles. The van der Waals surface area contributed by atoms with E-state index in [2.05, 4.69) is 24.9 Å². The van der Waals surface area contributed by atoms with E-state index in [1.807, 2.05) is 28.0 Å². The lowest BCUT2D eigenvalue weighted by atomic mass is 9.92. The molecule has 3 fully saturated rings. The number of piperidine rings is 3. The summed E-state index contributed by atoms with van der Waals surface area (Å²) in [6.45, 7) is 7.40. The van der Waals surface area contributed by atoms with Crippen LogP contribution in [-0.2, 0) is 52.7 Å². The van der Waals surface area contributed by atoms with Crippen LogP contribution in [0.4, 0.5) is 20.3 Å². The number of imidazole rings is 1. The van der Waals surface area contributed by atoms with Gasteiger partial charge in [0.15, 0.2) is 5.82 Å². The van der Waals surface area contributed by atoms with Crippen molar-refractivity contribution in [1.82, 2.24) is 48.7 Å².